The molecule has 0 amide bonds. The smallest absolute Gasteiger partial charge is 0.0663 e. The minimum absolute atomic E-state index is 0.417. The van der Waals surface area contributed by atoms with Gasteiger partial charge in [-0.25, -0.2) is 0 Å². The van der Waals surface area contributed by atoms with E-state index in [1.165, 1.54) is 5.56 Å². The van der Waals surface area contributed by atoms with Crippen molar-refractivity contribution in [2.75, 3.05) is 7.05 Å². The maximum Gasteiger partial charge on any atom is 0.0663 e. The zero-order valence-electron chi connectivity index (χ0n) is 13.6. The van der Waals surface area contributed by atoms with Gasteiger partial charge in [0.2, 0.25) is 0 Å². The summed E-state index contributed by atoms with van der Waals surface area (Å²) in [5, 5.41) is 3.60. The van der Waals surface area contributed by atoms with E-state index < -0.39 is 0 Å². The first kappa shape index (κ1) is 16.0. The van der Waals surface area contributed by atoms with Crippen LogP contribution in [0.15, 0.2) is 71.7 Å². The summed E-state index contributed by atoms with van der Waals surface area (Å²) >= 11 is 0. The molecule has 2 nitrogen and oxygen atoms in total. The highest BCUT2D eigenvalue weighted by Crippen LogP contribution is 2.15. The molecule has 0 aliphatic carbocycles. The van der Waals surface area contributed by atoms with E-state index in [9.17, 15) is 0 Å². The Kier molecular flexibility index (Phi) is 5.96. The molecule has 0 aliphatic rings. The Bertz CT molecular complexity index is 627. The lowest BCUT2D eigenvalue weighted by Gasteiger charge is -2.17. The molecule has 0 saturated heterocycles. The van der Waals surface area contributed by atoms with Gasteiger partial charge in [0.15, 0.2) is 0 Å². The number of nitrogens with one attached hydrogen (secondary N) is 1. The van der Waals surface area contributed by atoms with Crippen LogP contribution in [0.1, 0.15) is 31.4 Å². The van der Waals surface area contributed by atoms with Gasteiger partial charge in [-0.15, -0.1) is 0 Å². The fourth-order valence-electron chi connectivity index (χ4n) is 2.22. The summed E-state index contributed by atoms with van der Waals surface area (Å²) in [5.74, 6) is 0. The molecule has 0 aromatic heterocycles. The Labute approximate surface area is 133 Å². The van der Waals surface area contributed by atoms with E-state index in [0.29, 0.717) is 6.04 Å². The lowest BCUT2D eigenvalue weighted by atomic mass is 10.0. The predicted octanol–water partition coefficient (Wildman–Crippen LogP) is 4.53. The second kappa shape index (κ2) is 8.18. The molecule has 0 radical (unpaired) electrons. The monoisotopic (exact) mass is 292 g/mol. The van der Waals surface area contributed by atoms with Crippen molar-refractivity contribution in [2.24, 2.45) is 4.99 Å². The number of aliphatic imine (C=N–C) groups is 1. The van der Waals surface area contributed by atoms with Crippen LogP contribution in [0.5, 0.6) is 0 Å². The Morgan fingerprint density at radius 3 is 2.05 bits per heavy atom. The fourth-order valence-corrected chi connectivity index (χ4v) is 2.22. The normalized spacial score (nSPS) is 13.8. The third-order valence-corrected chi connectivity index (χ3v) is 3.69. The predicted molar refractivity (Wildman–Crippen MR) is 96.2 cm³/mol. The summed E-state index contributed by atoms with van der Waals surface area (Å²) in [6.45, 7) is 4.38. The minimum Gasteiger partial charge on any atom is -0.382 e. The first-order valence-corrected chi connectivity index (χ1v) is 7.80. The van der Waals surface area contributed by atoms with Crippen LogP contribution >= 0.6 is 0 Å². The van der Waals surface area contributed by atoms with Crippen LogP contribution in [0.4, 0.5) is 0 Å². The van der Waals surface area contributed by atoms with E-state index in [1.54, 1.807) is 0 Å². The molecular weight excluding hydrogens is 268 g/mol. The molecule has 2 heteroatoms. The van der Waals surface area contributed by atoms with Crippen LogP contribution in [0.2, 0.25) is 0 Å². The maximum atomic E-state index is 4.46. The highest BCUT2D eigenvalue weighted by molar-refractivity contribution is 6.12. The molecule has 0 saturated carbocycles. The van der Waals surface area contributed by atoms with Crippen LogP contribution in [0, 0.1) is 0 Å². The van der Waals surface area contributed by atoms with Crippen molar-refractivity contribution < 1.29 is 0 Å². The van der Waals surface area contributed by atoms with Gasteiger partial charge in [-0.3, -0.25) is 4.99 Å². The van der Waals surface area contributed by atoms with Crippen LogP contribution in [0.25, 0.3) is 5.70 Å². The number of rotatable bonds is 6. The van der Waals surface area contributed by atoms with Gasteiger partial charge < -0.3 is 5.32 Å². The molecule has 114 valence electrons. The van der Waals surface area contributed by atoms with Crippen molar-refractivity contribution in [3.63, 3.8) is 0 Å². The molecule has 2 rings (SSSR count). The summed E-state index contributed by atoms with van der Waals surface area (Å²) in [5.41, 5.74) is 4.40. The molecule has 2 aromatic rings. The van der Waals surface area contributed by atoms with Crippen molar-refractivity contribution in [1.82, 2.24) is 5.32 Å². The van der Waals surface area contributed by atoms with Crippen molar-refractivity contribution in [3.8, 4) is 0 Å². The third kappa shape index (κ3) is 4.32. The second-order valence-corrected chi connectivity index (χ2v) is 5.35. The van der Waals surface area contributed by atoms with Crippen LogP contribution < -0.4 is 5.32 Å². The minimum atomic E-state index is 0.417. The average molecular weight is 292 g/mol. The first-order valence-electron chi connectivity index (χ1n) is 7.80. The number of hydrogen-bond donors (Lipinski definition) is 1. The van der Waals surface area contributed by atoms with Crippen LogP contribution in [0.3, 0.4) is 0 Å². The van der Waals surface area contributed by atoms with E-state index in [4.69, 9.17) is 0 Å². The lowest BCUT2D eigenvalue weighted by Crippen LogP contribution is -2.24. The van der Waals surface area contributed by atoms with E-state index in [1.807, 2.05) is 31.3 Å². The number of benzene rings is 2. The maximum absolute atomic E-state index is 4.46. The van der Waals surface area contributed by atoms with Crippen LogP contribution in [-0.4, -0.2) is 18.8 Å². The fraction of sp³-hybridized carbons (Fsp3) is 0.250. The molecule has 0 fully saturated rings. The van der Waals surface area contributed by atoms with Gasteiger partial charge in [-0.1, -0.05) is 67.6 Å². The summed E-state index contributed by atoms with van der Waals surface area (Å²) < 4.78 is 0. The van der Waals surface area contributed by atoms with Gasteiger partial charge in [-0.2, -0.15) is 0 Å². The van der Waals surface area contributed by atoms with Crippen molar-refractivity contribution >= 4 is 11.4 Å². The van der Waals surface area contributed by atoms with Crippen molar-refractivity contribution in [2.45, 2.75) is 26.3 Å². The zero-order valence-corrected chi connectivity index (χ0v) is 13.6. The topological polar surface area (TPSA) is 24.4 Å². The highest BCUT2D eigenvalue weighted by Gasteiger charge is 2.07. The van der Waals surface area contributed by atoms with Gasteiger partial charge in [0.05, 0.1) is 5.71 Å². The highest BCUT2D eigenvalue weighted by atomic mass is 14.9. The van der Waals surface area contributed by atoms with Gasteiger partial charge in [0.1, 0.15) is 0 Å². The zero-order chi connectivity index (χ0) is 15.8. The third-order valence-electron chi connectivity index (χ3n) is 3.69. The average Bonchev–Trinajstić information content (AvgIpc) is 2.59. The van der Waals surface area contributed by atoms with Crippen molar-refractivity contribution in [3.05, 3.63) is 77.9 Å². The van der Waals surface area contributed by atoms with E-state index in [2.05, 4.69) is 66.6 Å². The van der Waals surface area contributed by atoms with E-state index in [-0.39, 0.29) is 0 Å². The van der Waals surface area contributed by atoms with Gasteiger partial charge in [-0.05, 0) is 30.5 Å². The Hall–Kier alpha value is -2.35. The van der Waals surface area contributed by atoms with Gasteiger partial charge in [0, 0.05) is 18.8 Å². The number of nitrogens with zero attached hydrogens (tertiary/aromatic N) is 1. The van der Waals surface area contributed by atoms with Crippen molar-refractivity contribution in [1.29, 1.82) is 0 Å². The Morgan fingerprint density at radius 2 is 1.55 bits per heavy atom. The Balaban J connectivity index is 2.39. The van der Waals surface area contributed by atoms with Gasteiger partial charge >= 0.3 is 0 Å². The molecule has 2 aromatic carbocycles. The standard InChI is InChI=1S/C20H24N2/c1-4-16(2)22-20(18-13-9-6-10-14-18)15-19(21-3)17-11-7-5-8-12-17/h5-16,22H,4H2,1-3H3. The molecule has 0 aliphatic heterocycles. The first-order chi connectivity index (χ1) is 10.7. The molecule has 0 heterocycles. The van der Waals surface area contributed by atoms with E-state index >= 15 is 0 Å². The lowest BCUT2D eigenvalue weighted by molar-refractivity contribution is 0.630. The summed E-state index contributed by atoms with van der Waals surface area (Å²) in [6.07, 6.45) is 3.21. The molecular formula is C20H24N2. The quantitative estimate of drug-likeness (QED) is 0.777. The summed E-state index contributed by atoms with van der Waals surface area (Å²) in [7, 11) is 1.84. The Morgan fingerprint density at radius 1 is 1.00 bits per heavy atom. The molecule has 0 spiro atoms. The SMILES string of the molecule is CCC(C)NC(=CC(=NC)c1ccccc1)c1ccccc1. The summed E-state index contributed by atoms with van der Waals surface area (Å²) in [4.78, 5) is 4.46. The number of allylic oxidation sites excluding steroid dienone is 1. The second-order valence-electron chi connectivity index (χ2n) is 5.35. The molecule has 22 heavy (non-hydrogen) atoms. The molecule has 1 N–H and O–H groups in total. The molecule has 1 unspecified atom stereocenters. The van der Waals surface area contributed by atoms with Crippen LogP contribution in [-0.2, 0) is 0 Å². The van der Waals surface area contributed by atoms with Gasteiger partial charge in [0.25, 0.3) is 0 Å². The summed E-state index contributed by atoms with van der Waals surface area (Å²) in [6, 6.07) is 21.1. The van der Waals surface area contributed by atoms with E-state index in [0.717, 1.165) is 23.4 Å². The number of hydrogen-bond acceptors (Lipinski definition) is 2. The molecule has 1 atom stereocenters. The largest absolute Gasteiger partial charge is 0.382 e. The molecule has 0 bridgehead atoms.